The first-order valence-corrected chi connectivity index (χ1v) is 7.23. The van der Waals surface area contributed by atoms with Gasteiger partial charge in [0.2, 0.25) is 0 Å². The molecule has 1 N–H and O–H groups in total. The van der Waals surface area contributed by atoms with Gasteiger partial charge in [-0.3, -0.25) is 4.68 Å². The molecule has 1 aliphatic carbocycles. The van der Waals surface area contributed by atoms with Crippen LogP contribution in [0.25, 0.3) is 0 Å². The van der Waals surface area contributed by atoms with E-state index in [1.165, 1.54) is 37.7 Å². The number of benzene rings is 1. The average molecular weight is 255 g/mol. The van der Waals surface area contributed by atoms with Gasteiger partial charge in [-0.05, 0) is 18.4 Å². The molecule has 2 aromatic rings. The van der Waals surface area contributed by atoms with Crippen LogP contribution in [-0.2, 0) is 6.54 Å². The zero-order valence-electron chi connectivity index (χ0n) is 11.3. The summed E-state index contributed by atoms with van der Waals surface area (Å²) in [7, 11) is 0. The lowest BCUT2D eigenvalue weighted by molar-refractivity contribution is 0.462. The number of nitrogens with zero attached hydrogens (tertiary/aromatic N) is 2. The van der Waals surface area contributed by atoms with Crippen molar-refractivity contribution in [3.8, 4) is 0 Å². The first-order valence-electron chi connectivity index (χ1n) is 7.23. The van der Waals surface area contributed by atoms with Gasteiger partial charge in [-0.2, -0.15) is 5.10 Å². The topological polar surface area (TPSA) is 29.9 Å². The molecular weight excluding hydrogens is 234 g/mol. The Morgan fingerprint density at radius 2 is 1.89 bits per heavy atom. The van der Waals surface area contributed by atoms with E-state index in [-0.39, 0.29) is 0 Å². The zero-order chi connectivity index (χ0) is 12.9. The largest absolute Gasteiger partial charge is 0.380 e. The lowest BCUT2D eigenvalue weighted by atomic mass is 9.95. The smallest absolute Gasteiger partial charge is 0.0728 e. The maximum absolute atomic E-state index is 4.43. The van der Waals surface area contributed by atoms with Gasteiger partial charge in [0.25, 0.3) is 0 Å². The Morgan fingerprint density at radius 3 is 2.68 bits per heavy atom. The van der Waals surface area contributed by atoms with Crippen LogP contribution < -0.4 is 5.32 Å². The van der Waals surface area contributed by atoms with Crippen molar-refractivity contribution in [2.75, 3.05) is 5.32 Å². The highest BCUT2D eigenvalue weighted by molar-refractivity contribution is 5.39. The molecular formula is C16H21N3. The summed E-state index contributed by atoms with van der Waals surface area (Å²) in [6.45, 7) is 0.840. The zero-order valence-corrected chi connectivity index (χ0v) is 11.3. The van der Waals surface area contributed by atoms with Crippen LogP contribution >= 0.6 is 0 Å². The summed E-state index contributed by atoms with van der Waals surface area (Å²) in [5.41, 5.74) is 2.44. The fourth-order valence-corrected chi connectivity index (χ4v) is 2.78. The lowest BCUT2D eigenvalue weighted by Gasteiger charge is -2.22. The maximum Gasteiger partial charge on any atom is 0.0728 e. The Morgan fingerprint density at radius 1 is 1.11 bits per heavy atom. The Hall–Kier alpha value is -1.77. The molecule has 1 heterocycles. The normalized spacial score (nSPS) is 16.4. The van der Waals surface area contributed by atoms with E-state index < -0.39 is 0 Å². The van der Waals surface area contributed by atoms with Crippen LogP contribution in [0.1, 0.15) is 37.7 Å². The van der Waals surface area contributed by atoms with E-state index in [0.717, 1.165) is 12.2 Å². The minimum absolute atomic E-state index is 0.642. The molecule has 3 nitrogen and oxygen atoms in total. The summed E-state index contributed by atoms with van der Waals surface area (Å²) < 4.78 is 2.00. The van der Waals surface area contributed by atoms with Gasteiger partial charge in [-0.15, -0.1) is 0 Å². The van der Waals surface area contributed by atoms with Crippen molar-refractivity contribution in [1.82, 2.24) is 9.78 Å². The van der Waals surface area contributed by atoms with Gasteiger partial charge in [-0.1, -0.05) is 49.6 Å². The van der Waals surface area contributed by atoms with E-state index >= 15 is 0 Å². The molecule has 1 fully saturated rings. The molecule has 1 aromatic carbocycles. The summed E-state index contributed by atoms with van der Waals surface area (Å²) in [4.78, 5) is 0. The minimum atomic E-state index is 0.642. The predicted octanol–water partition coefficient (Wildman–Crippen LogP) is 3.68. The molecule has 19 heavy (non-hydrogen) atoms. The van der Waals surface area contributed by atoms with Gasteiger partial charge in [0.1, 0.15) is 0 Å². The molecule has 100 valence electrons. The summed E-state index contributed by atoms with van der Waals surface area (Å²) in [6, 6.07) is 11.1. The Kier molecular flexibility index (Phi) is 3.82. The number of hydrogen-bond donors (Lipinski definition) is 1. The van der Waals surface area contributed by atoms with Gasteiger partial charge in [0.15, 0.2) is 0 Å². The monoisotopic (exact) mass is 255 g/mol. The van der Waals surface area contributed by atoms with Crippen LogP contribution in [0.2, 0.25) is 0 Å². The fourth-order valence-electron chi connectivity index (χ4n) is 2.78. The van der Waals surface area contributed by atoms with Gasteiger partial charge in [0, 0.05) is 12.2 Å². The second-order valence-corrected chi connectivity index (χ2v) is 5.39. The Balaban J connectivity index is 1.59. The van der Waals surface area contributed by atoms with Gasteiger partial charge >= 0.3 is 0 Å². The third-order valence-corrected chi connectivity index (χ3v) is 3.80. The molecule has 0 atom stereocenters. The van der Waals surface area contributed by atoms with Crippen LogP contribution in [0.5, 0.6) is 0 Å². The highest BCUT2D eigenvalue weighted by Crippen LogP contribution is 2.21. The first kappa shape index (κ1) is 12.3. The number of anilines is 1. The molecule has 0 amide bonds. The SMILES string of the molecule is c1ccc(Cn2cc(NC3CCCCC3)cn2)cc1. The minimum Gasteiger partial charge on any atom is -0.380 e. The number of hydrogen-bond acceptors (Lipinski definition) is 2. The van der Waals surface area contributed by atoms with Gasteiger partial charge in [-0.25, -0.2) is 0 Å². The molecule has 1 aliphatic rings. The maximum atomic E-state index is 4.43. The summed E-state index contributed by atoms with van der Waals surface area (Å²) in [6.07, 6.45) is 10.8. The van der Waals surface area contributed by atoms with Crippen LogP contribution in [-0.4, -0.2) is 15.8 Å². The first-order chi connectivity index (χ1) is 9.40. The quantitative estimate of drug-likeness (QED) is 0.903. The van der Waals surface area contributed by atoms with Crippen molar-refractivity contribution in [2.45, 2.75) is 44.7 Å². The summed E-state index contributed by atoms with van der Waals surface area (Å²) in [5, 5.41) is 8.03. The molecule has 0 spiro atoms. The molecule has 0 radical (unpaired) electrons. The fraction of sp³-hybridized carbons (Fsp3) is 0.438. The van der Waals surface area contributed by atoms with Crippen LogP contribution in [0.3, 0.4) is 0 Å². The average Bonchev–Trinajstić information content (AvgIpc) is 2.88. The summed E-state index contributed by atoms with van der Waals surface area (Å²) in [5.74, 6) is 0. The van der Waals surface area contributed by atoms with Crippen molar-refractivity contribution in [1.29, 1.82) is 0 Å². The Labute approximate surface area is 114 Å². The van der Waals surface area contributed by atoms with E-state index in [4.69, 9.17) is 0 Å². The van der Waals surface area contributed by atoms with Crippen molar-refractivity contribution in [2.24, 2.45) is 0 Å². The van der Waals surface area contributed by atoms with E-state index in [1.54, 1.807) is 0 Å². The number of aromatic nitrogens is 2. The van der Waals surface area contributed by atoms with Crippen LogP contribution in [0.4, 0.5) is 5.69 Å². The van der Waals surface area contributed by atoms with Gasteiger partial charge in [0.05, 0.1) is 18.4 Å². The molecule has 0 saturated heterocycles. The van der Waals surface area contributed by atoms with E-state index in [9.17, 15) is 0 Å². The lowest BCUT2D eigenvalue weighted by Crippen LogP contribution is -2.21. The second kappa shape index (κ2) is 5.91. The molecule has 3 heteroatoms. The number of nitrogens with one attached hydrogen (secondary N) is 1. The third kappa shape index (κ3) is 3.37. The molecule has 3 rings (SSSR count). The van der Waals surface area contributed by atoms with Crippen molar-refractivity contribution in [3.63, 3.8) is 0 Å². The number of rotatable bonds is 4. The van der Waals surface area contributed by atoms with Crippen LogP contribution in [0, 0.1) is 0 Å². The van der Waals surface area contributed by atoms with Crippen molar-refractivity contribution in [3.05, 3.63) is 48.3 Å². The van der Waals surface area contributed by atoms with Gasteiger partial charge < -0.3 is 5.32 Å². The Bertz CT molecular complexity index is 498. The summed E-state index contributed by atoms with van der Waals surface area (Å²) >= 11 is 0. The van der Waals surface area contributed by atoms with E-state index in [0.29, 0.717) is 6.04 Å². The highest BCUT2D eigenvalue weighted by atomic mass is 15.3. The predicted molar refractivity (Wildman–Crippen MR) is 78.3 cm³/mol. The molecule has 0 aliphatic heterocycles. The standard InChI is InChI=1S/C16H21N3/c1-3-7-14(8-4-1)12-19-13-16(11-17-19)18-15-9-5-2-6-10-15/h1,3-4,7-8,11,13,15,18H,2,5-6,9-10,12H2. The van der Waals surface area contributed by atoms with Crippen molar-refractivity contribution < 1.29 is 0 Å². The molecule has 1 saturated carbocycles. The third-order valence-electron chi connectivity index (χ3n) is 3.80. The van der Waals surface area contributed by atoms with E-state index in [1.807, 2.05) is 16.9 Å². The van der Waals surface area contributed by atoms with Crippen molar-refractivity contribution >= 4 is 5.69 Å². The van der Waals surface area contributed by atoms with E-state index in [2.05, 4.69) is 40.9 Å². The highest BCUT2D eigenvalue weighted by Gasteiger charge is 2.13. The molecule has 1 aromatic heterocycles. The second-order valence-electron chi connectivity index (χ2n) is 5.39. The van der Waals surface area contributed by atoms with Crippen LogP contribution in [0.15, 0.2) is 42.7 Å². The molecule has 0 bridgehead atoms. The molecule has 0 unspecified atom stereocenters.